The number of ether oxygens (including phenoxy) is 1. The van der Waals surface area contributed by atoms with Crippen LogP contribution in [-0.4, -0.2) is 19.6 Å². The van der Waals surface area contributed by atoms with Gasteiger partial charge in [-0.2, -0.15) is 0 Å². The molecule has 0 radical (unpaired) electrons. The minimum atomic E-state index is -0.151. The van der Waals surface area contributed by atoms with Crippen LogP contribution in [0.3, 0.4) is 0 Å². The Hall–Kier alpha value is -1.91. The zero-order valence-corrected chi connectivity index (χ0v) is 13.5. The lowest BCUT2D eigenvalue weighted by Crippen LogP contribution is -2.29. The van der Waals surface area contributed by atoms with E-state index in [4.69, 9.17) is 27.9 Å². The van der Waals surface area contributed by atoms with E-state index in [1.807, 2.05) is 24.3 Å². The molecule has 0 aliphatic rings. The summed E-state index contributed by atoms with van der Waals surface area (Å²) in [6.45, 7) is 0.503. The number of para-hydroxylation sites is 1. The maximum Gasteiger partial charge on any atom is 0.239 e. The van der Waals surface area contributed by atoms with Crippen molar-refractivity contribution < 1.29 is 9.53 Å². The van der Waals surface area contributed by atoms with Gasteiger partial charge in [-0.1, -0.05) is 47.5 Å². The maximum atomic E-state index is 11.9. The van der Waals surface area contributed by atoms with Gasteiger partial charge in [0.25, 0.3) is 0 Å². The summed E-state index contributed by atoms with van der Waals surface area (Å²) in [6, 6.07) is 12.8. The summed E-state index contributed by atoms with van der Waals surface area (Å²) >= 11 is 12.0. The quantitative estimate of drug-likeness (QED) is 0.843. The zero-order chi connectivity index (χ0) is 15.9. The Kier molecular flexibility index (Phi) is 5.92. The monoisotopic (exact) mass is 338 g/mol. The third-order valence-electron chi connectivity index (χ3n) is 3.06. The van der Waals surface area contributed by atoms with E-state index in [0.29, 0.717) is 22.3 Å². The molecule has 0 atom stereocenters. The molecule has 0 aliphatic carbocycles. The van der Waals surface area contributed by atoms with Gasteiger partial charge in [-0.25, -0.2) is 0 Å². The van der Waals surface area contributed by atoms with Gasteiger partial charge >= 0.3 is 0 Å². The summed E-state index contributed by atoms with van der Waals surface area (Å²) in [5, 5.41) is 6.63. The van der Waals surface area contributed by atoms with Crippen molar-refractivity contribution in [3.63, 3.8) is 0 Å². The zero-order valence-electron chi connectivity index (χ0n) is 12.0. The van der Waals surface area contributed by atoms with Crippen LogP contribution in [0.15, 0.2) is 42.5 Å². The van der Waals surface area contributed by atoms with Gasteiger partial charge in [0.2, 0.25) is 5.91 Å². The number of rotatable bonds is 6. The minimum absolute atomic E-state index is 0.106. The van der Waals surface area contributed by atoms with Crippen LogP contribution in [0.1, 0.15) is 5.56 Å². The predicted octanol–water partition coefficient (Wildman–Crippen LogP) is 3.73. The van der Waals surface area contributed by atoms with Crippen LogP contribution < -0.4 is 15.4 Å². The highest BCUT2D eigenvalue weighted by Crippen LogP contribution is 2.29. The second-order valence-corrected chi connectivity index (χ2v) is 5.33. The normalized spacial score (nSPS) is 10.1. The lowest BCUT2D eigenvalue weighted by molar-refractivity contribution is -0.119. The summed E-state index contributed by atoms with van der Waals surface area (Å²) in [5.74, 6) is 0.593. The highest BCUT2D eigenvalue weighted by Gasteiger charge is 2.07. The van der Waals surface area contributed by atoms with E-state index < -0.39 is 0 Å². The molecule has 4 nitrogen and oxygen atoms in total. The maximum absolute atomic E-state index is 11.9. The first kappa shape index (κ1) is 16.5. The van der Waals surface area contributed by atoms with Crippen molar-refractivity contribution in [1.29, 1.82) is 0 Å². The number of carbonyl (C=O) groups is 1. The van der Waals surface area contributed by atoms with Crippen LogP contribution in [0, 0.1) is 0 Å². The first-order valence-corrected chi connectivity index (χ1v) is 7.44. The lowest BCUT2D eigenvalue weighted by Gasteiger charge is -2.11. The van der Waals surface area contributed by atoms with Crippen LogP contribution in [0.5, 0.6) is 5.75 Å². The van der Waals surface area contributed by atoms with Gasteiger partial charge in [-0.3, -0.25) is 4.79 Å². The Morgan fingerprint density at radius 2 is 1.91 bits per heavy atom. The number of hydrogen-bond acceptors (Lipinski definition) is 3. The Morgan fingerprint density at radius 1 is 1.14 bits per heavy atom. The number of halogens is 2. The molecule has 2 N–H and O–H groups in total. The number of hydrogen-bond donors (Lipinski definition) is 2. The predicted molar refractivity (Wildman–Crippen MR) is 89.8 cm³/mol. The van der Waals surface area contributed by atoms with Gasteiger partial charge < -0.3 is 15.4 Å². The van der Waals surface area contributed by atoms with E-state index in [2.05, 4.69) is 10.6 Å². The van der Waals surface area contributed by atoms with E-state index in [0.717, 1.165) is 11.3 Å². The summed E-state index contributed by atoms with van der Waals surface area (Å²) in [5.41, 5.74) is 1.54. The third kappa shape index (κ3) is 4.29. The van der Waals surface area contributed by atoms with Crippen LogP contribution in [0.2, 0.25) is 10.0 Å². The van der Waals surface area contributed by atoms with Crippen molar-refractivity contribution in [3.05, 3.63) is 58.1 Å². The Balaban J connectivity index is 1.87. The van der Waals surface area contributed by atoms with Gasteiger partial charge in [0, 0.05) is 12.1 Å². The molecule has 2 aromatic carbocycles. The van der Waals surface area contributed by atoms with Crippen molar-refractivity contribution in [2.75, 3.05) is 19.0 Å². The van der Waals surface area contributed by atoms with Gasteiger partial charge in [-0.05, 0) is 18.2 Å². The molecule has 6 heteroatoms. The van der Waals surface area contributed by atoms with Gasteiger partial charge in [0.15, 0.2) is 0 Å². The molecule has 0 heterocycles. The summed E-state index contributed by atoms with van der Waals surface area (Å²) in [4.78, 5) is 11.9. The van der Waals surface area contributed by atoms with E-state index in [1.165, 1.54) is 0 Å². The summed E-state index contributed by atoms with van der Waals surface area (Å²) in [6.07, 6.45) is 0. The number of anilines is 1. The van der Waals surface area contributed by atoms with Crippen LogP contribution in [0.25, 0.3) is 0 Å². The molecule has 0 bridgehead atoms. The number of amides is 1. The molecule has 0 spiro atoms. The van der Waals surface area contributed by atoms with E-state index in [-0.39, 0.29) is 12.5 Å². The first-order valence-electron chi connectivity index (χ1n) is 6.68. The molecule has 2 aromatic rings. The molecule has 0 fully saturated rings. The topological polar surface area (TPSA) is 50.4 Å². The highest BCUT2D eigenvalue weighted by molar-refractivity contribution is 6.43. The molecule has 22 heavy (non-hydrogen) atoms. The fourth-order valence-corrected chi connectivity index (χ4v) is 2.29. The fraction of sp³-hybridized carbons (Fsp3) is 0.188. The number of methoxy groups -OCH3 is 1. The third-order valence-corrected chi connectivity index (χ3v) is 3.88. The molecule has 0 saturated heterocycles. The first-order chi connectivity index (χ1) is 10.6. The van der Waals surface area contributed by atoms with Gasteiger partial charge in [0.05, 0.1) is 29.4 Å². The summed E-state index contributed by atoms with van der Waals surface area (Å²) in [7, 11) is 1.60. The Bertz CT molecular complexity index is 662. The molecule has 1 amide bonds. The van der Waals surface area contributed by atoms with Crippen LogP contribution in [-0.2, 0) is 11.3 Å². The standard InChI is InChI=1S/C16H16Cl2N2O2/c1-22-14-8-3-2-5-11(14)9-20-15(21)10-19-13-7-4-6-12(17)16(13)18/h2-8,19H,9-10H2,1H3,(H,20,21). The molecule has 2 rings (SSSR count). The van der Waals surface area contributed by atoms with E-state index in [9.17, 15) is 4.79 Å². The van der Waals surface area contributed by atoms with Crippen molar-refractivity contribution in [3.8, 4) is 5.75 Å². The van der Waals surface area contributed by atoms with Crippen molar-refractivity contribution in [1.82, 2.24) is 5.32 Å². The van der Waals surface area contributed by atoms with Crippen molar-refractivity contribution in [2.45, 2.75) is 6.54 Å². The molecule has 0 unspecified atom stereocenters. The Morgan fingerprint density at radius 3 is 2.68 bits per heavy atom. The number of nitrogens with one attached hydrogen (secondary N) is 2. The second-order valence-electron chi connectivity index (χ2n) is 4.54. The molecular formula is C16H16Cl2N2O2. The SMILES string of the molecule is COc1ccccc1CNC(=O)CNc1cccc(Cl)c1Cl. The average molecular weight is 339 g/mol. The summed E-state index contributed by atoms with van der Waals surface area (Å²) < 4.78 is 5.24. The van der Waals surface area contributed by atoms with E-state index in [1.54, 1.807) is 25.3 Å². The molecule has 116 valence electrons. The van der Waals surface area contributed by atoms with Crippen LogP contribution >= 0.6 is 23.2 Å². The van der Waals surface area contributed by atoms with Crippen molar-refractivity contribution in [2.24, 2.45) is 0 Å². The van der Waals surface area contributed by atoms with Gasteiger partial charge in [-0.15, -0.1) is 0 Å². The van der Waals surface area contributed by atoms with Crippen LogP contribution in [0.4, 0.5) is 5.69 Å². The lowest BCUT2D eigenvalue weighted by atomic mass is 10.2. The number of benzene rings is 2. The fourth-order valence-electron chi connectivity index (χ4n) is 1.92. The second kappa shape index (κ2) is 7.92. The van der Waals surface area contributed by atoms with E-state index >= 15 is 0 Å². The smallest absolute Gasteiger partial charge is 0.239 e. The Labute approximate surface area is 139 Å². The molecular weight excluding hydrogens is 323 g/mol. The average Bonchev–Trinajstić information content (AvgIpc) is 2.54. The largest absolute Gasteiger partial charge is 0.496 e. The molecule has 0 saturated carbocycles. The molecule has 0 aromatic heterocycles. The molecule has 0 aliphatic heterocycles. The van der Waals surface area contributed by atoms with Gasteiger partial charge in [0.1, 0.15) is 5.75 Å². The highest BCUT2D eigenvalue weighted by atomic mass is 35.5. The minimum Gasteiger partial charge on any atom is -0.496 e. The number of carbonyl (C=O) groups excluding carboxylic acids is 1. The van der Waals surface area contributed by atoms with Crippen molar-refractivity contribution >= 4 is 34.8 Å².